The number of aryl methyl sites for hydroxylation is 1. The lowest BCUT2D eigenvalue weighted by atomic mass is 9.89. The summed E-state index contributed by atoms with van der Waals surface area (Å²) in [5.41, 5.74) is 2.24. The van der Waals surface area contributed by atoms with E-state index in [0.717, 1.165) is 31.6 Å². The van der Waals surface area contributed by atoms with Gasteiger partial charge in [-0.3, -0.25) is 4.79 Å². The van der Waals surface area contributed by atoms with E-state index in [9.17, 15) is 4.79 Å². The lowest BCUT2D eigenvalue weighted by Crippen LogP contribution is -2.35. The zero-order valence-electron chi connectivity index (χ0n) is 12.0. The Kier molecular flexibility index (Phi) is 4.10. The quantitative estimate of drug-likeness (QED) is 0.838. The maximum absolute atomic E-state index is 11.9. The van der Waals surface area contributed by atoms with E-state index in [1.54, 1.807) is 13.2 Å². The number of halogens is 1. The summed E-state index contributed by atoms with van der Waals surface area (Å²) in [6, 6.07) is 10.7. The fraction of sp³-hybridized carbons (Fsp3) is 0.375. The van der Waals surface area contributed by atoms with Crippen molar-refractivity contribution in [1.82, 2.24) is 9.78 Å². The highest BCUT2D eigenvalue weighted by Gasteiger charge is 2.23. The molecule has 0 spiro atoms. The van der Waals surface area contributed by atoms with Crippen LogP contribution in [0.15, 0.2) is 45.8 Å². The second-order valence-corrected chi connectivity index (χ2v) is 6.24. The van der Waals surface area contributed by atoms with E-state index < -0.39 is 0 Å². The number of rotatable bonds is 2. The van der Waals surface area contributed by atoms with Crippen LogP contribution in [0.5, 0.6) is 0 Å². The average molecular weight is 348 g/mol. The summed E-state index contributed by atoms with van der Waals surface area (Å²) in [6.45, 7) is 1.90. The number of anilines is 1. The van der Waals surface area contributed by atoms with Crippen LogP contribution in [0.3, 0.4) is 0 Å². The van der Waals surface area contributed by atoms with Crippen molar-refractivity contribution < 1.29 is 0 Å². The van der Waals surface area contributed by atoms with E-state index in [-0.39, 0.29) is 5.56 Å². The molecule has 3 rings (SSSR count). The first-order valence-corrected chi connectivity index (χ1v) is 7.98. The van der Waals surface area contributed by atoms with Gasteiger partial charge in [0.1, 0.15) is 4.47 Å². The predicted molar refractivity (Wildman–Crippen MR) is 87.8 cm³/mol. The van der Waals surface area contributed by atoms with E-state index >= 15 is 0 Å². The van der Waals surface area contributed by atoms with E-state index in [0.29, 0.717) is 10.4 Å². The third kappa shape index (κ3) is 2.88. The van der Waals surface area contributed by atoms with Crippen LogP contribution in [0.2, 0.25) is 0 Å². The fourth-order valence-electron chi connectivity index (χ4n) is 2.90. The van der Waals surface area contributed by atoms with Crippen molar-refractivity contribution in [2.24, 2.45) is 7.05 Å². The normalized spacial score (nSPS) is 16.2. The third-order valence-corrected chi connectivity index (χ3v) is 4.91. The minimum Gasteiger partial charge on any atom is -0.369 e. The SMILES string of the molecule is Cn1ncc(N2CCC(c3ccccc3)CC2)c(Br)c1=O. The van der Waals surface area contributed by atoms with Gasteiger partial charge >= 0.3 is 0 Å². The van der Waals surface area contributed by atoms with Crippen LogP contribution in [0.1, 0.15) is 24.3 Å². The Morgan fingerprint density at radius 2 is 1.86 bits per heavy atom. The lowest BCUT2D eigenvalue weighted by molar-refractivity contribution is 0.503. The Balaban J connectivity index is 1.75. The predicted octanol–water partition coefficient (Wildman–Crippen LogP) is 2.93. The molecule has 1 fully saturated rings. The number of nitrogens with zero attached hydrogens (tertiary/aromatic N) is 3. The van der Waals surface area contributed by atoms with Crippen molar-refractivity contribution in [1.29, 1.82) is 0 Å². The summed E-state index contributed by atoms with van der Waals surface area (Å²) in [5.74, 6) is 0.612. The molecule has 110 valence electrons. The molecule has 1 saturated heterocycles. The molecular weight excluding hydrogens is 330 g/mol. The maximum atomic E-state index is 11.9. The van der Waals surface area contributed by atoms with Crippen molar-refractivity contribution in [3.05, 3.63) is 56.9 Å². The zero-order chi connectivity index (χ0) is 14.8. The van der Waals surface area contributed by atoms with Gasteiger partial charge < -0.3 is 4.90 Å². The van der Waals surface area contributed by atoms with Gasteiger partial charge in [-0.2, -0.15) is 5.10 Å². The summed E-state index contributed by atoms with van der Waals surface area (Å²) in [4.78, 5) is 14.2. The van der Waals surface area contributed by atoms with Gasteiger partial charge in [-0.25, -0.2) is 4.68 Å². The first-order chi connectivity index (χ1) is 10.2. The standard InChI is InChI=1S/C16H18BrN3O/c1-19-16(21)15(17)14(11-18-19)20-9-7-13(8-10-20)12-5-3-2-4-6-12/h2-6,11,13H,7-10H2,1H3. The van der Waals surface area contributed by atoms with Crippen molar-refractivity contribution >= 4 is 21.6 Å². The molecule has 0 aliphatic carbocycles. The van der Waals surface area contributed by atoms with Crippen LogP contribution in [0, 0.1) is 0 Å². The monoisotopic (exact) mass is 347 g/mol. The van der Waals surface area contributed by atoms with Gasteiger partial charge in [0.05, 0.1) is 11.9 Å². The highest BCUT2D eigenvalue weighted by molar-refractivity contribution is 9.10. The minimum atomic E-state index is -0.0855. The van der Waals surface area contributed by atoms with Gasteiger partial charge in [0.25, 0.3) is 5.56 Å². The van der Waals surface area contributed by atoms with Gasteiger partial charge in [0.2, 0.25) is 0 Å². The van der Waals surface area contributed by atoms with E-state index in [1.807, 2.05) is 0 Å². The van der Waals surface area contributed by atoms with Crippen LogP contribution in [-0.4, -0.2) is 22.9 Å². The van der Waals surface area contributed by atoms with Gasteiger partial charge in [-0.15, -0.1) is 0 Å². The molecule has 1 aliphatic rings. The maximum Gasteiger partial charge on any atom is 0.282 e. The van der Waals surface area contributed by atoms with Gasteiger partial charge in [-0.05, 0) is 40.3 Å². The molecule has 1 aromatic carbocycles. The second-order valence-electron chi connectivity index (χ2n) is 5.44. The van der Waals surface area contributed by atoms with Crippen molar-refractivity contribution in [2.75, 3.05) is 18.0 Å². The molecule has 5 heteroatoms. The highest BCUT2D eigenvalue weighted by Crippen LogP contribution is 2.31. The van der Waals surface area contributed by atoms with Crippen LogP contribution in [0.4, 0.5) is 5.69 Å². The molecular formula is C16H18BrN3O. The summed E-state index contributed by atoms with van der Waals surface area (Å²) >= 11 is 3.41. The largest absolute Gasteiger partial charge is 0.369 e. The Bertz CT molecular complexity index is 676. The minimum absolute atomic E-state index is 0.0855. The molecule has 0 saturated carbocycles. The number of hydrogen-bond donors (Lipinski definition) is 0. The summed E-state index contributed by atoms with van der Waals surface area (Å²) < 4.78 is 1.96. The average Bonchev–Trinajstić information content (AvgIpc) is 2.54. The highest BCUT2D eigenvalue weighted by atomic mass is 79.9. The van der Waals surface area contributed by atoms with Crippen molar-refractivity contribution in [3.63, 3.8) is 0 Å². The van der Waals surface area contributed by atoms with Crippen LogP contribution < -0.4 is 10.5 Å². The van der Waals surface area contributed by atoms with Crippen LogP contribution >= 0.6 is 15.9 Å². The number of piperidine rings is 1. The summed E-state index contributed by atoms with van der Waals surface area (Å²) in [6.07, 6.45) is 3.98. The van der Waals surface area contributed by atoms with Gasteiger partial charge in [0, 0.05) is 20.1 Å². The fourth-order valence-corrected chi connectivity index (χ4v) is 3.51. The number of aromatic nitrogens is 2. The molecule has 1 aliphatic heterocycles. The second kappa shape index (κ2) is 6.02. The molecule has 2 aromatic rings. The first-order valence-electron chi connectivity index (χ1n) is 7.18. The lowest BCUT2D eigenvalue weighted by Gasteiger charge is -2.34. The molecule has 0 unspecified atom stereocenters. The smallest absolute Gasteiger partial charge is 0.282 e. The summed E-state index contributed by atoms with van der Waals surface area (Å²) in [5, 5.41) is 4.12. The van der Waals surface area contributed by atoms with Crippen molar-refractivity contribution in [2.45, 2.75) is 18.8 Å². The number of benzene rings is 1. The number of hydrogen-bond acceptors (Lipinski definition) is 3. The topological polar surface area (TPSA) is 38.1 Å². The molecule has 2 heterocycles. The van der Waals surface area contributed by atoms with Crippen LogP contribution in [0.25, 0.3) is 0 Å². The Morgan fingerprint density at radius 1 is 1.19 bits per heavy atom. The third-order valence-electron chi connectivity index (χ3n) is 4.17. The zero-order valence-corrected chi connectivity index (χ0v) is 13.6. The summed E-state index contributed by atoms with van der Waals surface area (Å²) in [7, 11) is 1.67. The molecule has 0 N–H and O–H groups in total. The Hall–Kier alpha value is -1.62. The van der Waals surface area contributed by atoms with Gasteiger partial charge in [-0.1, -0.05) is 30.3 Å². The molecule has 0 atom stereocenters. The van der Waals surface area contributed by atoms with E-state index in [2.05, 4.69) is 56.3 Å². The molecule has 4 nitrogen and oxygen atoms in total. The van der Waals surface area contributed by atoms with E-state index in [1.165, 1.54) is 10.2 Å². The van der Waals surface area contributed by atoms with Crippen molar-refractivity contribution in [3.8, 4) is 0 Å². The van der Waals surface area contributed by atoms with Crippen LogP contribution in [-0.2, 0) is 7.05 Å². The molecule has 1 aromatic heterocycles. The van der Waals surface area contributed by atoms with E-state index in [4.69, 9.17) is 0 Å². The Labute approximate surface area is 132 Å². The molecule has 21 heavy (non-hydrogen) atoms. The van der Waals surface area contributed by atoms with Gasteiger partial charge in [0.15, 0.2) is 0 Å². The Morgan fingerprint density at radius 3 is 2.52 bits per heavy atom. The first kappa shape index (κ1) is 14.3. The molecule has 0 amide bonds. The molecule has 0 bridgehead atoms. The molecule has 0 radical (unpaired) electrons.